The predicted molar refractivity (Wildman–Crippen MR) is 186 cm³/mol. The van der Waals surface area contributed by atoms with Crippen molar-refractivity contribution in [2.75, 3.05) is 13.1 Å². The Hall–Kier alpha value is -5.19. The van der Waals surface area contributed by atoms with E-state index in [1.807, 2.05) is 12.1 Å². The van der Waals surface area contributed by atoms with E-state index in [4.69, 9.17) is 25.7 Å². The molecule has 3 rings (SSSR count). The van der Waals surface area contributed by atoms with Crippen molar-refractivity contribution < 1.29 is 47.8 Å². The van der Waals surface area contributed by atoms with Gasteiger partial charge in [-0.3, -0.25) is 28.9 Å². The van der Waals surface area contributed by atoms with Crippen LogP contribution in [0, 0.1) is 0 Å². The van der Waals surface area contributed by atoms with Gasteiger partial charge in [-0.2, -0.15) is 0 Å². The Bertz CT molecular complexity index is 1600. The van der Waals surface area contributed by atoms with Gasteiger partial charge in [-0.15, -0.1) is 0 Å². The second kappa shape index (κ2) is 18.7. The van der Waals surface area contributed by atoms with Crippen LogP contribution >= 0.6 is 15.9 Å². The molecule has 0 unspecified atom stereocenters. The van der Waals surface area contributed by atoms with E-state index in [1.165, 1.54) is 17.0 Å². The number of hydrogen-bond donors (Lipinski definition) is 5. The number of carbonyl (C=O) groups is 7. The second-order valence-electron chi connectivity index (χ2n) is 12.7. The summed E-state index contributed by atoms with van der Waals surface area (Å²) < 4.78 is 16.5. The molecule has 0 aliphatic carbocycles. The lowest BCUT2D eigenvalue weighted by Gasteiger charge is -2.29. The molecular formula is C34H43BrN6O10. The minimum atomic E-state index is -1.26. The van der Waals surface area contributed by atoms with Gasteiger partial charge in [0.25, 0.3) is 0 Å². The Balaban J connectivity index is 1.53. The third-order valence-corrected chi connectivity index (χ3v) is 8.24. The van der Waals surface area contributed by atoms with Crippen LogP contribution in [0.4, 0.5) is 9.59 Å². The van der Waals surface area contributed by atoms with Gasteiger partial charge in [0, 0.05) is 29.4 Å². The van der Waals surface area contributed by atoms with Gasteiger partial charge in [0.15, 0.2) is 0 Å². The molecule has 0 bridgehead atoms. The molecule has 0 aromatic heterocycles. The number of likely N-dealkylation sites (tertiary alicyclic amines) is 1. The number of nitrogens with two attached hydrogens (primary N) is 2. The zero-order valence-corrected chi connectivity index (χ0v) is 30.2. The molecule has 1 saturated heterocycles. The summed E-state index contributed by atoms with van der Waals surface area (Å²) in [6.07, 6.45) is -1.14. The van der Waals surface area contributed by atoms with Crippen molar-refractivity contribution in [3.63, 3.8) is 0 Å². The molecule has 51 heavy (non-hydrogen) atoms. The van der Waals surface area contributed by atoms with Crippen LogP contribution in [0.15, 0.2) is 53.0 Å². The summed E-state index contributed by atoms with van der Waals surface area (Å²) in [5.74, 6) is -3.55. The van der Waals surface area contributed by atoms with Crippen LogP contribution in [0.2, 0.25) is 0 Å². The van der Waals surface area contributed by atoms with Gasteiger partial charge in [0.05, 0.1) is 6.54 Å². The van der Waals surface area contributed by atoms with Crippen LogP contribution in [0.1, 0.15) is 57.6 Å². The number of halogens is 1. The highest BCUT2D eigenvalue weighted by molar-refractivity contribution is 9.10. The lowest BCUT2D eigenvalue weighted by molar-refractivity contribution is -0.133. The lowest BCUT2D eigenvalue weighted by Crippen LogP contribution is -2.55. The summed E-state index contributed by atoms with van der Waals surface area (Å²) in [6.45, 7) is 4.79. The summed E-state index contributed by atoms with van der Waals surface area (Å²) in [5.41, 5.74) is 11.3. The molecule has 1 fully saturated rings. The van der Waals surface area contributed by atoms with E-state index in [0.717, 1.165) is 10.0 Å². The highest BCUT2D eigenvalue weighted by Gasteiger charge is 2.38. The highest BCUT2D eigenvalue weighted by Crippen LogP contribution is 2.22. The van der Waals surface area contributed by atoms with Crippen molar-refractivity contribution in [2.24, 2.45) is 11.5 Å². The first-order valence-corrected chi connectivity index (χ1v) is 16.9. The number of amides is 6. The number of hydrogen-bond acceptors (Lipinski definition) is 10. The monoisotopic (exact) mass is 774 g/mol. The van der Waals surface area contributed by atoms with Crippen LogP contribution in [0.25, 0.3) is 0 Å². The Labute approximate surface area is 303 Å². The van der Waals surface area contributed by atoms with Crippen LogP contribution in [0.5, 0.6) is 5.75 Å². The predicted octanol–water partition coefficient (Wildman–Crippen LogP) is 1.94. The number of rotatable bonds is 15. The summed E-state index contributed by atoms with van der Waals surface area (Å²) in [4.78, 5) is 88.6. The lowest BCUT2D eigenvalue weighted by atomic mass is 10.1. The fourth-order valence-electron chi connectivity index (χ4n) is 4.97. The van der Waals surface area contributed by atoms with E-state index in [9.17, 15) is 33.6 Å². The fourth-order valence-corrected chi connectivity index (χ4v) is 5.37. The zero-order chi connectivity index (χ0) is 37.7. The van der Waals surface area contributed by atoms with Gasteiger partial charge >= 0.3 is 12.2 Å². The van der Waals surface area contributed by atoms with Gasteiger partial charge in [-0.25, -0.2) is 9.59 Å². The molecule has 0 spiro atoms. The number of primary amides is 2. The number of ether oxygens (including phenoxy) is 3. The number of nitrogens with one attached hydrogen (secondary N) is 3. The van der Waals surface area contributed by atoms with Gasteiger partial charge < -0.3 is 41.6 Å². The van der Waals surface area contributed by atoms with E-state index < -0.39 is 72.1 Å². The Morgan fingerprint density at radius 2 is 1.65 bits per heavy atom. The van der Waals surface area contributed by atoms with E-state index in [1.54, 1.807) is 45.0 Å². The third kappa shape index (κ3) is 13.6. The Kier molecular flexibility index (Phi) is 14.8. The smallest absolute Gasteiger partial charge is 0.444 e. The minimum Gasteiger partial charge on any atom is -0.444 e. The molecule has 7 N–H and O–H groups in total. The van der Waals surface area contributed by atoms with Crippen LogP contribution in [-0.2, 0) is 46.5 Å². The first-order chi connectivity index (χ1) is 24.0. The van der Waals surface area contributed by atoms with Crippen molar-refractivity contribution in [1.82, 2.24) is 20.9 Å². The van der Waals surface area contributed by atoms with E-state index in [0.29, 0.717) is 18.4 Å². The average molecular weight is 776 g/mol. The zero-order valence-electron chi connectivity index (χ0n) is 28.6. The highest BCUT2D eigenvalue weighted by atomic mass is 79.9. The summed E-state index contributed by atoms with van der Waals surface area (Å²) in [7, 11) is 0. The molecule has 276 valence electrons. The Morgan fingerprint density at radius 1 is 0.961 bits per heavy atom. The summed E-state index contributed by atoms with van der Waals surface area (Å²) >= 11 is 3.38. The second-order valence-corrected chi connectivity index (χ2v) is 13.6. The van der Waals surface area contributed by atoms with E-state index >= 15 is 0 Å². The molecule has 0 saturated carbocycles. The van der Waals surface area contributed by atoms with Crippen LogP contribution in [0.3, 0.4) is 0 Å². The molecule has 16 nitrogen and oxygen atoms in total. The third-order valence-electron chi connectivity index (χ3n) is 7.47. The molecule has 1 aliphatic rings. The minimum absolute atomic E-state index is 0.00347. The average Bonchev–Trinajstić information content (AvgIpc) is 3.55. The van der Waals surface area contributed by atoms with Crippen LogP contribution in [-0.4, -0.2) is 83.5 Å². The van der Waals surface area contributed by atoms with E-state index in [-0.39, 0.29) is 38.2 Å². The van der Waals surface area contributed by atoms with Gasteiger partial charge in [-0.05, 0) is 63.8 Å². The molecule has 1 aliphatic heterocycles. The van der Waals surface area contributed by atoms with Crippen molar-refractivity contribution >= 4 is 57.7 Å². The molecular weight excluding hydrogens is 732 g/mol. The molecule has 0 radical (unpaired) electrons. The number of benzene rings is 2. The van der Waals surface area contributed by atoms with Gasteiger partial charge in [0.1, 0.15) is 36.1 Å². The summed E-state index contributed by atoms with van der Waals surface area (Å²) in [6, 6.07) is 10.0. The molecule has 1 heterocycles. The normalized spacial score (nSPS) is 15.1. The first kappa shape index (κ1) is 40.2. The maximum Gasteiger partial charge on any atom is 0.514 e. The fraction of sp³-hybridized carbons (Fsp3) is 0.441. The van der Waals surface area contributed by atoms with Crippen molar-refractivity contribution in [2.45, 2.75) is 83.2 Å². The Morgan fingerprint density at radius 3 is 2.27 bits per heavy atom. The van der Waals surface area contributed by atoms with Crippen molar-refractivity contribution in [3.8, 4) is 5.75 Å². The molecule has 3 atom stereocenters. The van der Waals surface area contributed by atoms with Crippen molar-refractivity contribution in [3.05, 3.63) is 64.1 Å². The maximum atomic E-state index is 13.2. The first-order valence-electron chi connectivity index (χ1n) is 16.1. The number of carbonyl (C=O) groups excluding carboxylic acids is 7. The largest absolute Gasteiger partial charge is 0.514 e. The number of nitrogens with zero attached hydrogens (tertiary/aromatic N) is 1. The van der Waals surface area contributed by atoms with Crippen LogP contribution < -0.4 is 32.2 Å². The van der Waals surface area contributed by atoms with Gasteiger partial charge in [-0.1, -0.05) is 46.3 Å². The quantitative estimate of drug-likeness (QED) is 0.130. The molecule has 6 amide bonds. The molecule has 2 aromatic carbocycles. The van der Waals surface area contributed by atoms with Crippen molar-refractivity contribution in [1.29, 1.82) is 0 Å². The van der Waals surface area contributed by atoms with Gasteiger partial charge in [0.2, 0.25) is 29.5 Å². The molecule has 2 aromatic rings. The topological polar surface area (TPSA) is 239 Å². The standard InChI is InChI=1S/C34H43BrN6O10/c1-34(2,3)51-32(47)41-16-6-9-26(41)31(46)40-24(14-15-27(36)42)30(45)38-18-28(43)39-25(29(37)44)17-20-10-12-22(13-11-20)50-33(48)49-19-21-7-4-5-8-23(21)35/h4-5,7-8,10-13,24-26H,6,9,14-19H2,1-3H3,(H2,36,42)(H2,37,44)(H,38,45)(H,39,43)(H,40,46)/t24-,25-,26-/m0/s1. The SMILES string of the molecule is CC(C)(C)OC(=O)N1CCC[C@H]1C(=O)N[C@@H](CCC(N)=O)C(=O)NCC(=O)N[C@@H](Cc1ccc(OC(=O)OCc2ccccc2Br)cc1)C(N)=O. The summed E-state index contributed by atoms with van der Waals surface area (Å²) in [5, 5.41) is 7.40. The maximum absolute atomic E-state index is 13.2. The molecule has 17 heteroatoms. The van der Waals surface area contributed by atoms with E-state index in [2.05, 4.69) is 31.9 Å².